The van der Waals surface area contributed by atoms with Gasteiger partial charge in [-0.2, -0.15) is 0 Å². The van der Waals surface area contributed by atoms with Crippen LogP contribution in [0.4, 0.5) is 0 Å². The van der Waals surface area contributed by atoms with E-state index in [2.05, 4.69) is 31.9 Å². The van der Waals surface area contributed by atoms with Gasteiger partial charge in [0.2, 0.25) is 9.39 Å². The van der Waals surface area contributed by atoms with Gasteiger partial charge >= 0.3 is 0 Å². The van der Waals surface area contributed by atoms with Gasteiger partial charge in [0.1, 0.15) is 5.41 Å². The molecule has 0 bridgehead atoms. The third-order valence-electron chi connectivity index (χ3n) is 1.96. The SMILES string of the molecule is CCC(CC)(C(=O)Br)C(=O)Br. The zero-order chi connectivity index (χ0) is 9.07. The summed E-state index contributed by atoms with van der Waals surface area (Å²) in [6.45, 7) is 3.64. The van der Waals surface area contributed by atoms with Crippen LogP contribution in [0.2, 0.25) is 0 Å². The first-order valence-electron chi connectivity index (χ1n) is 3.41. The van der Waals surface area contributed by atoms with Crippen LogP contribution in [0.25, 0.3) is 0 Å². The summed E-state index contributed by atoms with van der Waals surface area (Å²) in [5.41, 5.74) is -0.861. The maximum atomic E-state index is 11.0. The van der Waals surface area contributed by atoms with Crippen LogP contribution in [0.1, 0.15) is 26.7 Å². The summed E-state index contributed by atoms with van der Waals surface area (Å²) in [6.07, 6.45) is 1.05. The molecule has 0 heterocycles. The molecule has 0 atom stereocenters. The quantitative estimate of drug-likeness (QED) is 0.588. The zero-order valence-corrected chi connectivity index (χ0v) is 9.66. The van der Waals surface area contributed by atoms with E-state index >= 15 is 0 Å². The van der Waals surface area contributed by atoms with Gasteiger partial charge in [0.15, 0.2) is 0 Å². The van der Waals surface area contributed by atoms with Crippen molar-refractivity contribution >= 4 is 41.2 Å². The summed E-state index contributed by atoms with van der Waals surface area (Å²) in [5.74, 6) is 0. The Morgan fingerprint density at radius 1 is 1.09 bits per heavy atom. The van der Waals surface area contributed by atoms with Crippen LogP contribution < -0.4 is 0 Å². The number of carbonyl (C=O) groups excluding carboxylic acids is 2. The van der Waals surface area contributed by atoms with E-state index in [1.807, 2.05) is 13.8 Å². The highest BCUT2D eigenvalue weighted by Crippen LogP contribution is 2.33. The Kier molecular flexibility index (Phi) is 4.48. The Morgan fingerprint density at radius 3 is 1.36 bits per heavy atom. The van der Waals surface area contributed by atoms with Crippen molar-refractivity contribution in [2.24, 2.45) is 5.41 Å². The third kappa shape index (κ3) is 2.12. The second-order valence-corrected chi connectivity index (χ2v) is 3.78. The Hall–Kier alpha value is 0.300. The molecule has 0 aromatic rings. The predicted molar refractivity (Wildman–Crippen MR) is 50.9 cm³/mol. The number of hydrogen-bond acceptors (Lipinski definition) is 2. The van der Waals surface area contributed by atoms with Gasteiger partial charge in [-0.15, -0.1) is 0 Å². The maximum absolute atomic E-state index is 11.0. The number of rotatable bonds is 4. The van der Waals surface area contributed by atoms with Gasteiger partial charge in [0, 0.05) is 0 Å². The van der Waals surface area contributed by atoms with E-state index < -0.39 is 5.41 Å². The van der Waals surface area contributed by atoms with Crippen molar-refractivity contribution in [1.29, 1.82) is 0 Å². The van der Waals surface area contributed by atoms with Gasteiger partial charge in [0.25, 0.3) is 0 Å². The van der Waals surface area contributed by atoms with Gasteiger partial charge in [-0.25, -0.2) is 0 Å². The minimum absolute atomic E-state index is 0.239. The van der Waals surface area contributed by atoms with Crippen molar-refractivity contribution in [1.82, 2.24) is 0 Å². The third-order valence-corrected chi connectivity index (χ3v) is 3.48. The van der Waals surface area contributed by atoms with E-state index in [4.69, 9.17) is 0 Å². The molecule has 0 fully saturated rings. The second kappa shape index (κ2) is 4.36. The van der Waals surface area contributed by atoms with E-state index in [-0.39, 0.29) is 9.39 Å². The van der Waals surface area contributed by atoms with Crippen LogP contribution in [0, 0.1) is 5.41 Å². The van der Waals surface area contributed by atoms with Crippen molar-refractivity contribution in [3.05, 3.63) is 0 Å². The molecule has 0 unspecified atom stereocenters. The lowest BCUT2D eigenvalue weighted by molar-refractivity contribution is -0.129. The predicted octanol–water partition coefficient (Wildman–Crippen LogP) is 2.64. The molecule has 4 heteroatoms. The highest BCUT2D eigenvalue weighted by molar-refractivity contribution is 9.19. The molecule has 0 amide bonds. The summed E-state index contributed by atoms with van der Waals surface area (Å²) in [6, 6.07) is 0. The van der Waals surface area contributed by atoms with Crippen molar-refractivity contribution in [2.45, 2.75) is 26.7 Å². The first kappa shape index (κ1) is 11.3. The molecule has 0 aromatic heterocycles. The first-order valence-corrected chi connectivity index (χ1v) is 4.99. The lowest BCUT2D eigenvalue weighted by atomic mass is 9.86. The molecule has 0 aliphatic heterocycles. The van der Waals surface area contributed by atoms with Gasteiger partial charge in [-0.3, -0.25) is 9.59 Å². The van der Waals surface area contributed by atoms with Gasteiger partial charge < -0.3 is 0 Å². The normalized spacial score (nSPS) is 11.3. The van der Waals surface area contributed by atoms with Crippen molar-refractivity contribution in [3.63, 3.8) is 0 Å². The van der Waals surface area contributed by atoms with Gasteiger partial charge in [0.05, 0.1) is 0 Å². The molecule has 0 spiro atoms. The molecule has 11 heavy (non-hydrogen) atoms. The molecular formula is C7H10Br2O2. The molecule has 0 saturated carbocycles. The van der Waals surface area contributed by atoms with Crippen molar-refractivity contribution < 1.29 is 9.59 Å². The average molecular weight is 286 g/mol. The molecule has 0 N–H and O–H groups in total. The van der Waals surface area contributed by atoms with E-state index in [0.29, 0.717) is 12.8 Å². The molecule has 0 saturated heterocycles. The van der Waals surface area contributed by atoms with Crippen molar-refractivity contribution in [2.75, 3.05) is 0 Å². The summed E-state index contributed by atoms with van der Waals surface area (Å²) in [5, 5.41) is 0. The lowest BCUT2D eigenvalue weighted by Gasteiger charge is -2.22. The highest BCUT2D eigenvalue weighted by atomic mass is 79.9. The summed E-state index contributed by atoms with van der Waals surface area (Å²) in [7, 11) is 0. The topological polar surface area (TPSA) is 34.1 Å². The Labute approximate surface area is 83.0 Å². The number of hydrogen-bond donors (Lipinski definition) is 0. The largest absolute Gasteiger partial charge is 0.286 e. The number of carbonyl (C=O) groups is 2. The van der Waals surface area contributed by atoms with Crippen LogP contribution in [0.5, 0.6) is 0 Å². The Bertz CT molecular complexity index is 157. The molecule has 0 aromatic carbocycles. The van der Waals surface area contributed by atoms with Crippen molar-refractivity contribution in [3.8, 4) is 0 Å². The molecule has 0 radical (unpaired) electrons. The van der Waals surface area contributed by atoms with Crippen LogP contribution in [-0.2, 0) is 9.59 Å². The van der Waals surface area contributed by atoms with Crippen LogP contribution in [0.15, 0.2) is 0 Å². The molecule has 0 aliphatic rings. The Balaban J connectivity index is 4.76. The first-order chi connectivity index (χ1) is 5.01. The van der Waals surface area contributed by atoms with Crippen LogP contribution >= 0.6 is 31.9 Å². The summed E-state index contributed by atoms with van der Waals surface area (Å²) < 4.78 is -0.478. The standard InChI is InChI=1S/C7H10Br2O2/c1-3-7(4-2,5(8)10)6(9)11/h3-4H2,1-2H3. The van der Waals surface area contributed by atoms with Gasteiger partial charge in [-0.05, 0) is 44.7 Å². The molecule has 0 rings (SSSR count). The van der Waals surface area contributed by atoms with E-state index in [1.165, 1.54) is 0 Å². The summed E-state index contributed by atoms with van der Waals surface area (Å²) >= 11 is 5.66. The van der Waals surface area contributed by atoms with Gasteiger partial charge in [-0.1, -0.05) is 13.8 Å². The number of halogens is 2. The summed E-state index contributed by atoms with van der Waals surface area (Å²) in [4.78, 5) is 22.1. The zero-order valence-electron chi connectivity index (χ0n) is 6.49. The maximum Gasteiger partial charge on any atom is 0.212 e. The molecule has 64 valence electrons. The molecule has 2 nitrogen and oxygen atoms in total. The fraction of sp³-hybridized carbons (Fsp3) is 0.714. The fourth-order valence-corrected chi connectivity index (χ4v) is 2.63. The smallest absolute Gasteiger partial charge is 0.212 e. The van der Waals surface area contributed by atoms with E-state index in [0.717, 1.165) is 0 Å². The minimum Gasteiger partial charge on any atom is -0.286 e. The van der Waals surface area contributed by atoms with E-state index in [9.17, 15) is 9.59 Å². The molecule has 0 aliphatic carbocycles. The second-order valence-electron chi connectivity index (χ2n) is 2.34. The fourth-order valence-electron chi connectivity index (χ4n) is 0.883. The van der Waals surface area contributed by atoms with Crippen LogP contribution in [0.3, 0.4) is 0 Å². The van der Waals surface area contributed by atoms with Crippen LogP contribution in [-0.4, -0.2) is 9.39 Å². The highest BCUT2D eigenvalue weighted by Gasteiger charge is 2.39. The minimum atomic E-state index is -0.861. The average Bonchev–Trinajstić information content (AvgIpc) is 1.90. The lowest BCUT2D eigenvalue weighted by Crippen LogP contribution is -2.31. The Morgan fingerprint density at radius 2 is 1.36 bits per heavy atom. The monoisotopic (exact) mass is 284 g/mol. The van der Waals surface area contributed by atoms with E-state index in [1.54, 1.807) is 0 Å². The molecular weight excluding hydrogens is 276 g/mol.